The number of methoxy groups -OCH3 is 1. The van der Waals surface area contributed by atoms with Gasteiger partial charge in [0.25, 0.3) is 0 Å². The maximum atomic E-state index is 12.1. The van der Waals surface area contributed by atoms with Gasteiger partial charge in [-0.15, -0.1) is 11.3 Å². The van der Waals surface area contributed by atoms with Gasteiger partial charge in [0, 0.05) is 18.5 Å². The van der Waals surface area contributed by atoms with E-state index >= 15 is 0 Å². The third-order valence-electron chi connectivity index (χ3n) is 2.95. The highest BCUT2D eigenvalue weighted by Gasteiger charge is 2.10. The van der Waals surface area contributed by atoms with E-state index in [1.54, 1.807) is 30.4 Å². The van der Waals surface area contributed by atoms with Crippen LogP contribution in [0.5, 0.6) is 5.75 Å². The van der Waals surface area contributed by atoms with Gasteiger partial charge in [-0.2, -0.15) is 0 Å². The number of carbonyl (C=O) groups excluding carboxylic acids is 1. The molecule has 0 saturated carbocycles. The normalized spacial score (nSPS) is 10.2. The summed E-state index contributed by atoms with van der Waals surface area (Å²) in [6, 6.07) is 11.6. The van der Waals surface area contributed by atoms with Crippen molar-refractivity contribution in [3.05, 3.63) is 50.6 Å². The lowest BCUT2D eigenvalue weighted by Gasteiger charge is -2.17. The van der Waals surface area contributed by atoms with Crippen LogP contribution in [-0.4, -0.2) is 25.1 Å². The molecule has 21 heavy (non-hydrogen) atoms. The Hall–Kier alpha value is -1.53. The first-order valence-corrected chi connectivity index (χ1v) is 8.05. The fraction of sp³-hybridized carbons (Fsp3) is 0.267. The number of hydrogen-bond donors (Lipinski definition) is 1. The van der Waals surface area contributed by atoms with Crippen molar-refractivity contribution in [2.45, 2.75) is 13.1 Å². The summed E-state index contributed by atoms with van der Waals surface area (Å²) >= 11 is 5.05. The highest BCUT2D eigenvalue weighted by atomic mass is 79.9. The molecule has 4 nitrogen and oxygen atoms in total. The van der Waals surface area contributed by atoms with Crippen LogP contribution in [0.3, 0.4) is 0 Å². The van der Waals surface area contributed by atoms with Crippen molar-refractivity contribution in [1.29, 1.82) is 0 Å². The molecule has 0 spiro atoms. The number of thiophene rings is 1. The van der Waals surface area contributed by atoms with Gasteiger partial charge >= 0.3 is 6.03 Å². The van der Waals surface area contributed by atoms with Crippen LogP contribution < -0.4 is 10.1 Å². The van der Waals surface area contributed by atoms with Crippen molar-refractivity contribution in [3.8, 4) is 5.75 Å². The van der Waals surface area contributed by atoms with E-state index in [0.717, 1.165) is 20.0 Å². The van der Waals surface area contributed by atoms with E-state index in [9.17, 15) is 4.79 Å². The van der Waals surface area contributed by atoms with Crippen molar-refractivity contribution in [3.63, 3.8) is 0 Å². The Kier molecular flexibility index (Phi) is 5.64. The summed E-state index contributed by atoms with van der Waals surface area (Å²) in [5.41, 5.74) is 1.01. The van der Waals surface area contributed by atoms with Crippen molar-refractivity contribution < 1.29 is 9.53 Å². The molecule has 112 valence electrons. The highest BCUT2D eigenvalue weighted by Crippen LogP contribution is 2.23. The van der Waals surface area contributed by atoms with Crippen LogP contribution in [0.4, 0.5) is 4.79 Å². The van der Waals surface area contributed by atoms with E-state index in [4.69, 9.17) is 4.74 Å². The number of hydrogen-bond acceptors (Lipinski definition) is 3. The fourth-order valence-corrected chi connectivity index (χ4v) is 3.37. The van der Waals surface area contributed by atoms with Crippen LogP contribution in [-0.2, 0) is 13.1 Å². The van der Waals surface area contributed by atoms with E-state index in [2.05, 4.69) is 21.2 Å². The molecule has 0 aliphatic rings. The zero-order valence-corrected chi connectivity index (χ0v) is 14.3. The minimum atomic E-state index is -0.0951. The summed E-state index contributed by atoms with van der Waals surface area (Å²) in [6.07, 6.45) is 0. The molecule has 2 aromatic rings. The second kappa shape index (κ2) is 7.47. The Balaban J connectivity index is 1.85. The lowest BCUT2D eigenvalue weighted by Crippen LogP contribution is -2.36. The summed E-state index contributed by atoms with van der Waals surface area (Å²) in [7, 11) is 3.42. The van der Waals surface area contributed by atoms with Crippen molar-refractivity contribution in [1.82, 2.24) is 10.2 Å². The molecule has 0 aliphatic heterocycles. The number of amides is 2. The first-order chi connectivity index (χ1) is 10.1. The summed E-state index contributed by atoms with van der Waals surface area (Å²) in [4.78, 5) is 14.9. The molecule has 1 aromatic heterocycles. The molecule has 0 radical (unpaired) electrons. The number of nitrogens with zero attached hydrogens (tertiary/aromatic N) is 1. The van der Waals surface area contributed by atoms with Crippen LogP contribution in [0.25, 0.3) is 0 Å². The maximum Gasteiger partial charge on any atom is 0.317 e. The van der Waals surface area contributed by atoms with Gasteiger partial charge in [-0.25, -0.2) is 4.79 Å². The van der Waals surface area contributed by atoms with Crippen LogP contribution >= 0.6 is 27.3 Å². The van der Waals surface area contributed by atoms with Gasteiger partial charge in [-0.3, -0.25) is 0 Å². The van der Waals surface area contributed by atoms with Crippen LogP contribution in [0, 0.1) is 0 Å². The van der Waals surface area contributed by atoms with Crippen LogP contribution in [0.15, 0.2) is 40.2 Å². The van der Waals surface area contributed by atoms with E-state index in [1.165, 1.54) is 0 Å². The molecule has 0 fully saturated rings. The summed E-state index contributed by atoms with van der Waals surface area (Å²) in [6.45, 7) is 1.08. The van der Waals surface area contributed by atoms with Gasteiger partial charge in [0.15, 0.2) is 0 Å². The Morgan fingerprint density at radius 2 is 2.19 bits per heavy atom. The fourth-order valence-electron chi connectivity index (χ4n) is 1.84. The Labute approximate surface area is 136 Å². The smallest absolute Gasteiger partial charge is 0.317 e. The molecule has 1 N–H and O–H groups in total. The van der Waals surface area contributed by atoms with E-state index in [0.29, 0.717) is 13.1 Å². The molecule has 0 bridgehead atoms. The number of urea groups is 1. The lowest BCUT2D eigenvalue weighted by molar-refractivity contribution is 0.207. The van der Waals surface area contributed by atoms with Crippen molar-refractivity contribution in [2.24, 2.45) is 0 Å². The molecular weight excluding hydrogens is 352 g/mol. The molecule has 0 atom stereocenters. The van der Waals surface area contributed by atoms with E-state index in [1.807, 2.05) is 36.4 Å². The van der Waals surface area contributed by atoms with Gasteiger partial charge in [0.05, 0.1) is 17.4 Å². The Morgan fingerprint density at radius 1 is 1.38 bits per heavy atom. The molecule has 6 heteroatoms. The molecule has 2 amide bonds. The molecule has 1 heterocycles. The molecule has 0 aliphatic carbocycles. The Morgan fingerprint density at radius 3 is 2.86 bits per heavy atom. The number of nitrogens with one attached hydrogen (secondary N) is 1. The molecular formula is C15H17BrN2O2S. The van der Waals surface area contributed by atoms with E-state index in [-0.39, 0.29) is 6.03 Å². The first-order valence-electron chi connectivity index (χ1n) is 6.44. The molecule has 0 saturated heterocycles. The van der Waals surface area contributed by atoms with Crippen molar-refractivity contribution in [2.75, 3.05) is 14.2 Å². The average molecular weight is 369 g/mol. The zero-order chi connectivity index (χ0) is 15.2. The van der Waals surface area contributed by atoms with Crippen molar-refractivity contribution >= 4 is 33.3 Å². The maximum absolute atomic E-state index is 12.1. The van der Waals surface area contributed by atoms with Crippen LogP contribution in [0.1, 0.15) is 10.4 Å². The number of rotatable bonds is 5. The summed E-state index contributed by atoms with van der Waals surface area (Å²) < 4.78 is 6.24. The second-order valence-corrected chi connectivity index (χ2v) is 7.12. The molecule has 0 unspecified atom stereocenters. The molecule has 2 rings (SSSR count). The minimum Gasteiger partial charge on any atom is -0.497 e. The summed E-state index contributed by atoms with van der Waals surface area (Å²) in [5.74, 6) is 0.790. The SMILES string of the molecule is COc1cccc(CNC(=O)N(C)Cc2ccc(Br)s2)c1. The number of carbonyl (C=O) groups is 1. The van der Waals surface area contributed by atoms with Gasteiger partial charge < -0.3 is 15.0 Å². The first kappa shape index (κ1) is 15.9. The number of benzene rings is 1. The number of halogens is 1. The average Bonchev–Trinajstić information content (AvgIpc) is 2.90. The van der Waals surface area contributed by atoms with Crippen LogP contribution in [0.2, 0.25) is 0 Å². The van der Waals surface area contributed by atoms with Gasteiger partial charge in [-0.05, 0) is 45.8 Å². The predicted octanol–water partition coefficient (Wildman–Crippen LogP) is 3.86. The van der Waals surface area contributed by atoms with Gasteiger partial charge in [0.1, 0.15) is 5.75 Å². The molecule has 1 aromatic carbocycles. The zero-order valence-electron chi connectivity index (χ0n) is 11.9. The predicted molar refractivity (Wildman–Crippen MR) is 88.7 cm³/mol. The quantitative estimate of drug-likeness (QED) is 0.870. The largest absolute Gasteiger partial charge is 0.497 e. The third kappa shape index (κ3) is 4.75. The minimum absolute atomic E-state index is 0.0951. The standard InChI is InChI=1S/C15H17BrN2O2S/c1-18(10-13-6-7-14(16)21-13)15(19)17-9-11-4-3-5-12(8-11)20-2/h3-8H,9-10H2,1-2H3,(H,17,19). The third-order valence-corrected chi connectivity index (χ3v) is 4.55. The number of ether oxygens (including phenoxy) is 1. The topological polar surface area (TPSA) is 41.6 Å². The summed E-state index contributed by atoms with van der Waals surface area (Å²) in [5, 5.41) is 2.90. The Bertz CT molecular complexity index is 615. The van der Waals surface area contributed by atoms with Gasteiger partial charge in [0.2, 0.25) is 0 Å². The monoisotopic (exact) mass is 368 g/mol. The lowest BCUT2D eigenvalue weighted by atomic mass is 10.2. The van der Waals surface area contributed by atoms with E-state index < -0.39 is 0 Å². The van der Waals surface area contributed by atoms with Gasteiger partial charge in [-0.1, -0.05) is 12.1 Å². The highest BCUT2D eigenvalue weighted by molar-refractivity contribution is 9.11. The second-order valence-electron chi connectivity index (χ2n) is 4.57.